The molecule has 118 valence electrons. The van der Waals surface area contributed by atoms with Crippen molar-refractivity contribution in [3.05, 3.63) is 42.5 Å². The van der Waals surface area contributed by atoms with Crippen LogP contribution in [0.5, 0.6) is 0 Å². The molecule has 0 radical (unpaired) electrons. The van der Waals surface area contributed by atoms with Crippen molar-refractivity contribution >= 4 is 11.7 Å². The van der Waals surface area contributed by atoms with Gasteiger partial charge >= 0.3 is 6.03 Å². The van der Waals surface area contributed by atoms with Crippen LogP contribution in [0.3, 0.4) is 0 Å². The fourth-order valence-electron chi connectivity index (χ4n) is 2.03. The van der Waals surface area contributed by atoms with Crippen molar-refractivity contribution < 1.29 is 14.3 Å². The van der Waals surface area contributed by atoms with Crippen molar-refractivity contribution in [3.8, 4) is 5.69 Å². The van der Waals surface area contributed by atoms with Crippen LogP contribution < -0.4 is 10.6 Å². The zero-order valence-electron chi connectivity index (χ0n) is 12.3. The third kappa shape index (κ3) is 4.29. The first-order valence-electron chi connectivity index (χ1n) is 7.12. The lowest BCUT2D eigenvalue weighted by Crippen LogP contribution is -2.35. The quantitative estimate of drug-likeness (QED) is 0.766. The number of aliphatic hydroxyl groups excluding tert-OH is 1. The second-order valence-corrected chi connectivity index (χ2v) is 4.89. The van der Waals surface area contributed by atoms with Gasteiger partial charge in [0.1, 0.15) is 5.82 Å². The number of urea groups is 1. The van der Waals surface area contributed by atoms with E-state index in [1.54, 1.807) is 18.5 Å². The van der Waals surface area contributed by atoms with Gasteiger partial charge < -0.3 is 15.7 Å². The van der Waals surface area contributed by atoms with Gasteiger partial charge in [-0.3, -0.25) is 0 Å². The molecular weight excluding hydrogens is 287 g/mol. The van der Waals surface area contributed by atoms with Gasteiger partial charge in [0.25, 0.3) is 0 Å². The molecule has 7 heteroatoms. The SMILES string of the molecule is CCCC(O)CNC(=O)Nc1cc(F)ccc1-n1cccn1. The Morgan fingerprint density at radius 2 is 2.32 bits per heavy atom. The van der Waals surface area contributed by atoms with Gasteiger partial charge in [0.2, 0.25) is 0 Å². The van der Waals surface area contributed by atoms with Crippen molar-refractivity contribution in [3.63, 3.8) is 0 Å². The summed E-state index contributed by atoms with van der Waals surface area (Å²) in [5.41, 5.74) is 0.849. The van der Waals surface area contributed by atoms with E-state index in [2.05, 4.69) is 15.7 Å². The molecule has 0 aliphatic rings. The predicted molar refractivity (Wildman–Crippen MR) is 81.5 cm³/mol. The third-order valence-corrected chi connectivity index (χ3v) is 3.08. The topological polar surface area (TPSA) is 79.2 Å². The highest BCUT2D eigenvalue weighted by Crippen LogP contribution is 2.20. The van der Waals surface area contributed by atoms with Crippen LogP contribution in [-0.4, -0.2) is 33.6 Å². The second-order valence-electron chi connectivity index (χ2n) is 4.89. The van der Waals surface area contributed by atoms with E-state index in [-0.39, 0.29) is 6.54 Å². The van der Waals surface area contributed by atoms with Gasteiger partial charge in [-0.05, 0) is 30.7 Å². The first-order valence-corrected chi connectivity index (χ1v) is 7.12. The zero-order chi connectivity index (χ0) is 15.9. The number of rotatable bonds is 6. The van der Waals surface area contributed by atoms with E-state index in [1.807, 2.05) is 6.92 Å². The maximum Gasteiger partial charge on any atom is 0.319 e. The summed E-state index contributed by atoms with van der Waals surface area (Å²) in [6.07, 6.45) is 4.14. The Labute approximate surface area is 128 Å². The van der Waals surface area contributed by atoms with Crippen LogP contribution in [0, 0.1) is 5.82 Å². The summed E-state index contributed by atoms with van der Waals surface area (Å²) in [5, 5.41) is 18.8. The normalized spacial score (nSPS) is 12.0. The number of carbonyl (C=O) groups excluding carboxylic acids is 1. The Hall–Kier alpha value is -2.41. The lowest BCUT2D eigenvalue weighted by atomic mass is 10.2. The van der Waals surface area contributed by atoms with E-state index in [0.29, 0.717) is 17.8 Å². The largest absolute Gasteiger partial charge is 0.391 e. The molecule has 0 saturated carbocycles. The van der Waals surface area contributed by atoms with Gasteiger partial charge in [-0.15, -0.1) is 0 Å². The molecule has 1 unspecified atom stereocenters. The Balaban J connectivity index is 2.05. The highest BCUT2D eigenvalue weighted by atomic mass is 19.1. The summed E-state index contributed by atoms with van der Waals surface area (Å²) >= 11 is 0. The number of amides is 2. The first-order chi connectivity index (χ1) is 10.6. The number of nitrogens with zero attached hydrogens (tertiary/aromatic N) is 2. The van der Waals surface area contributed by atoms with E-state index in [4.69, 9.17) is 0 Å². The van der Waals surface area contributed by atoms with Crippen molar-refractivity contribution in [1.82, 2.24) is 15.1 Å². The van der Waals surface area contributed by atoms with Crippen molar-refractivity contribution in [2.24, 2.45) is 0 Å². The van der Waals surface area contributed by atoms with Crippen LogP contribution in [-0.2, 0) is 0 Å². The van der Waals surface area contributed by atoms with Gasteiger partial charge in [-0.1, -0.05) is 13.3 Å². The van der Waals surface area contributed by atoms with Gasteiger partial charge in [-0.25, -0.2) is 13.9 Å². The molecule has 1 aromatic heterocycles. The first kappa shape index (κ1) is 16.0. The molecule has 22 heavy (non-hydrogen) atoms. The van der Waals surface area contributed by atoms with Crippen molar-refractivity contribution in [2.45, 2.75) is 25.9 Å². The summed E-state index contributed by atoms with van der Waals surface area (Å²) in [7, 11) is 0. The lowest BCUT2D eigenvalue weighted by Gasteiger charge is -2.14. The van der Waals surface area contributed by atoms with Crippen LogP contribution >= 0.6 is 0 Å². The number of benzene rings is 1. The van der Waals surface area contributed by atoms with E-state index in [9.17, 15) is 14.3 Å². The fourth-order valence-corrected chi connectivity index (χ4v) is 2.03. The van der Waals surface area contributed by atoms with Crippen LogP contribution in [0.1, 0.15) is 19.8 Å². The number of nitrogens with one attached hydrogen (secondary N) is 2. The molecular formula is C15H19FN4O2. The van der Waals surface area contributed by atoms with Crippen LogP contribution in [0.4, 0.5) is 14.9 Å². The molecule has 0 aliphatic carbocycles. The van der Waals surface area contributed by atoms with E-state index < -0.39 is 18.0 Å². The highest BCUT2D eigenvalue weighted by molar-refractivity contribution is 5.91. The number of carbonyl (C=O) groups is 1. The smallest absolute Gasteiger partial charge is 0.319 e. The maximum absolute atomic E-state index is 13.4. The summed E-state index contributed by atoms with van der Waals surface area (Å²) in [6, 6.07) is 5.27. The van der Waals surface area contributed by atoms with Gasteiger partial charge in [0, 0.05) is 18.9 Å². The second kappa shape index (κ2) is 7.56. The number of aromatic nitrogens is 2. The average molecular weight is 306 g/mol. The summed E-state index contributed by atoms with van der Waals surface area (Å²) in [4.78, 5) is 11.9. The Bertz CT molecular complexity index is 616. The number of hydrogen-bond acceptors (Lipinski definition) is 3. The summed E-state index contributed by atoms with van der Waals surface area (Å²) < 4.78 is 14.9. The number of hydrogen-bond donors (Lipinski definition) is 3. The molecule has 3 N–H and O–H groups in total. The van der Waals surface area contributed by atoms with E-state index >= 15 is 0 Å². The molecule has 1 aromatic carbocycles. The van der Waals surface area contributed by atoms with Crippen LogP contribution in [0.2, 0.25) is 0 Å². The third-order valence-electron chi connectivity index (χ3n) is 3.08. The summed E-state index contributed by atoms with van der Waals surface area (Å²) in [6.45, 7) is 2.10. The monoisotopic (exact) mass is 306 g/mol. The minimum absolute atomic E-state index is 0.145. The Morgan fingerprint density at radius 3 is 3.00 bits per heavy atom. The molecule has 1 atom stereocenters. The molecule has 0 bridgehead atoms. The Kier molecular flexibility index (Phi) is 5.48. The van der Waals surface area contributed by atoms with Crippen molar-refractivity contribution in [1.29, 1.82) is 0 Å². The highest BCUT2D eigenvalue weighted by Gasteiger charge is 2.11. The molecule has 0 aliphatic heterocycles. The average Bonchev–Trinajstić information content (AvgIpc) is 3.00. The Morgan fingerprint density at radius 1 is 1.50 bits per heavy atom. The molecule has 1 heterocycles. The van der Waals surface area contributed by atoms with Crippen molar-refractivity contribution in [2.75, 3.05) is 11.9 Å². The van der Waals surface area contributed by atoms with Gasteiger partial charge in [-0.2, -0.15) is 5.10 Å². The fraction of sp³-hybridized carbons (Fsp3) is 0.333. The number of halogens is 1. The molecule has 2 rings (SSSR count). The molecule has 0 saturated heterocycles. The van der Waals surface area contributed by atoms with Gasteiger partial charge in [0.05, 0.1) is 17.5 Å². The molecule has 6 nitrogen and oxygen atoms in total. The lowest BCUT2D eigenvalue weighted by molar-refractivity contribution is 0.162. The number of aliphatic hydroxyl groups is 1. The molecule has 2 amide bonds. The predicted octanol–water partition coefficient (Wildman–Crippen LogP) is 2.29. The molecule has 0 fully saturated rings. The van der Waals surface area contributed by atoms with E-state index in [0.717, 1.165) is 6.42 Å². The minimum Gasteiger partial charge on any atom is -0.391 e. The van der Waals surface area contributed by atoms with Crippen LogP contribution in [0.15, 0.2) is 36.7 Å². The molecule has 0 spiro atoms. The standard InChI is InChI=1S/C15H19FN4O2/c1-2-4-12(21)10-17-15(22)19-13-9-11(16)5-6-14(13)20-8-3-7-18-20/h3,5-9,12,21H,2,4,10H2,1H3,(H2,17,19,22). The van der Waals surface area contributed by atoms with Crippen LogP contribution in [0.25, 0.3) is 5.69 Å². The van der Waals surface area contributed by atoms with Gasteiger partial charge in [0.15, 0.2) is 0 Å². The summed E-state index contributed by atoms with van der Waals surface area (Å²) in [5.74, 6) is -0.461. The maximum atomic E-state index is 13.4. The minimum atomic E-state index is -0.589. The number of anilines is 1. The van der Waals surface area contributed by atoms with E-state index in [1.165, 1.54) is 22.9 Å². The zero-order valence-corrected chi connectivity index (χ0v) is 12.3. The molecule has 2 aromatic rings.